The molecule has 1 aliphatic heterocycles. The van der Waals surface area contributed by atoms with E-state index >= 15 is 0 Å². The zero-order chi connectivity index (χ0) is 16.4. The Morgan fingerprint density at radius 3 is 2.78 bits per heavy atom. The zero-order valence-corrected chi connectivity index (χ0v) is 14.2. The smallest absolute Gasteiger partial charge is 0.122 e. The van der Waals surface area contributed by atoms with Gasteiger partial charge in [0.05, 0.1) is 0 Å². The van der Waals surface area contributed by atoms with Crippen LogP contribution in [0.2, 0.25) is 0 Å². The second-order valence-corrected chi connectivity index (χ2v) is 6.49. The van der Waals surface area contributed by atoms with Gasteiger partial charge in [0, 0.05) is 18.8 Å². The molecule has 2 aromatic carbocycles. The van der Waals surface area contributed by atoms with E-state index in [4.69, 9.17) is 4.74 Å². The first-order chi connectivity index (χ1) is 11.0. The van der Waals surface area contributed by atoms with Gasteiger partial charge in [-0.25, -0.2) is 0 Å². The van der Waals surface area contributed by atoms with Gasteiger partial charge in [-0.05, 0) is 61.6 Å². The Morgan fingerprint density at radius 2 is 1.96 bits per heavy atom. The third kappa shape index (κ3) is 3.50. The van der Waals surface area contributed by atoms with Crippen molar-refractivity contribution in [3.63, 3.8) is 0 Å². The molecule has 0 aromatic heterocycles. The third-order valence-electron chi connectivity index (χ3n) is 4.61. The molecule has 0 fully saturated rings. The number of fused-ring (bicyclic) bond motifs is 1. The van der Waals surface area contributed by atoms with Crippen LogP contribution in [0.25, 0.3) is 0 Å². The number of aliphatic hydroxyl groups is 1. The van der Waals surface area contributed by atoms with Crippen molar-refractivity contribution in [2.24, 2.45) is 0 Å². The van der Waals surface area contributed by atoms with E-state index in [1.807, 2.05) is 6.07 Å². The Kier molecular flexibility index (Phi) is 4.58. The highest BCUT2D eigenvalue weighted by atomic mass is 16.5. The topological polar surface area (TPSA) is 32.7 Å². The summed E-state index contributed by atoms with van der Waals surface area (Å²) in [6.45, 7) is 8.12. The van der Waals surface area contributed by atoms with Crippen LogP contribution in [-0.4, -0.2) is 30.9 Å². The number of ether oxygens (including phenoxy) is 1. The molecule has 1 heterocycles. The Hall–Kier alpha value is -2.00. The minimum atomic E-state index is -0.499. The van der Waals surface area contributed by atoms with Crippen LogP contribution in [0.1, 0.15) is 22.3 Å². The summed E-state index contributed by atoms with van der Waals surface area (Å²) in [5.41, 5.74) is 6.17. The molecule has 0 aliphatic carbocycles. The number of aryl methyl sites for hydroxylation is 2. The van der Waals surface area contributed by atoms with Gasteiger partial charge < -0.3 is 14.7 Å². The normalized spacial score (nSPS) is 14.7. The third-order valence-corrected chi connectivity index (χ3v) is 4.61. The fourth-order valence-electron chi connectivity index (χ4n) is 3.24. The fraction of sp³-hybridized carbons (Fsp3) is 0.400. The first-order valence-corrected chi connectivity index (χ1v) is 8.26. The molecule has 1 unspecified atom stereocenters. The van der Waals surface area contributed by atoms with Crippen LogP contribution in [0.5, 0.6) is 5.75 Å². The van der Waals surface area contributed by atoms with Crippen LogP contribution >= 0.6 is 0 Å². The number of rotatable bonds is 5. The minimum absolute atomic E-state index is 0.322. The van der Waals surface area contributed by atoms with Gasteiger partial charge in [-0.15, -0.1) is 0 Å². The number of β-amino-alcohol motifs (C(OH)–C–C–N with tert-alkyl or cyclic N) is 1. The lowest BCUT2D eigenvalue weighted by atomic mass is 10.1. The molecular formula is C20H25NO2. The van der Waals surface area contributed by atoms with Crippen molar-refractivity contribution in [3.8, 4) is 5.75 Å². The fourth-order valence-corrected chi connectivity index (χ4v) is 3.24. The van der Waals surface area contributed by atoms with E-state index in [0.717, 1.165) is 24.3 Å². The molecule has 23 heavy (non-hydrogen) atoms. The Balaban J connectivity index is 1.60. The van der Waals surface area contributed by atoms with Crippen molar-refractivity contribution in [1.29, 1.82) is 0 Å². The quantitative estimate of drug-likeness (QED) is 0.918. The Morgan fingerprint density at radius 1 is 1.17 bits per heavy atom. The van der Waals surface area contributed by atoms with Crippen molar-refractivity contribution >= 4 is 5.69 Å². The summed E-state index contributed by atoms with van der Waals surface area (Å²) in [6, 6.07) is 12.6. The molecule has 3 heteroatoms. The van der Waals surface area contributed by atoms with Gasteiger partial charge in [-0.2, -0.15) is 0 Å². The molecule has 3 rings (SSSR count). The SMILES string of the molecule is Cc1cc(C)c(C)c(OCC(O)CN2CCc3ccccc32)c1. The maximum atomic E-state index is 10.4. The van der Waals surface area contributed by atoms with Crippen LogP contribution in [0.4, 0.5) is 5.69 Å². The molecule has 0 saturated carbocycles. The summed E-state index contributed by atoms with van der Waals surface area (Å²) in [7, 11) is 0. The highest BCUT2D eigenvalue weighted by Gasteiger charge is 2.21. The van der Waals surface area contributed by atoms with Gasteiger partial charge >= 0.3 is 0 Å². The lowest BCUT2D eigenvalue weighted by Gasteiger charge is -2.23. The predicted octanol–water partition coefficient (Wildman–Crippen LogP) is 3.41. The van der Waals surface area contributed by atoms with E-state index in [1.165, 1.54) is 22.4 Å². The van der Waals surface area contributed by atoms with E-state index in [-0.39, 0.29) is 0 Å². The second-order valence-electron chi connectivity index (χ2n) is 6.49. The molecule has 3 nitrogen and oxygen atoms in total. The van der Waals surface area contributed by atoms with Gasteiger partial charge in [0.2, 0.25) is 0 Å². The summed E-state index contributed by atoms with van der Waals surface area (Å²) in [6.07, 6.45) is 0.557. The molecule has 1 aliphatic rings. The molecule has 0 amide bonds. The molecule has 0 radical (unpaired) electrons. The van der Waals surface area contributed by atoms with Crippen LogP contribution in [0.3, 0.4) is 0 Å². The number of hydrogen-bond donors (Lipinski definition) is 1. The number of nitrogens with zero attached hydrogens (tertiary/aromatic N) is 1. The summed E-state index contributed by atoms with van der Waals surface area (Å²) >= 11 is 0. The standard InChI is InChI=1S/C20H25NO2/c1-14-10-15(2)16(3)20(11-14)23-13-18(22)12-21-9-8-17-6-4-5-7-19(17)21/h4-7,10-11,18,22H,8-9,12-13H2,1-3H3. The number of aliphatic hydroxyl groups excluding tert-OH is 1. The van der Waals surface area contributed by atoms with E-state index in [9.17, 15) is 5.11 Å². The maximum absolute atomic E-state index is 10.4. The van der Waals surface area contributed by atoms with E-state index in [1.54, 1.807) is 0 Å². The average molecular weight is 311 g/mol. The molecule has 1 N–H and O–H groups in total. The number of benzene rings is 2. The maximum Gasteiger partial charge on any atom is 0.122 e. The van der Waals surface area contributed by atoms with Crippen molar-refractivity contribution in [2.45, 2.75) is 33.3 Å². The van der Waals surface area contributed by atoms with E-state index in [0.29, 0.717) is 13.2 Å². The molecular weight excluding hydrogens is 286 g/mol. The minimum Gasteiger partial charge on any atom is -0.491 e. The molecule has 0 spiro atoms. The number of hydrogen-bond acceptors (Lipinski definition) is 3. The number of anilines is 1. The molecule has 1 atom stereocenters. The van der Waals surface area contributed by atoms with Crippen molar-refractivity contribution in [2.75, 3.05) is 24.6 Å². The van der Waals surface area contributed by atoms with Crippen molar-refractivity contribution in [3.05, 3.63) is 58.7 Å². The summed E-state index contributed by atoms with van der Waals surface area (Å²) in [4.78, 5) is 2.25. The van der Waals surface area contributed by atoms with Crippen molar-refractivity contribution in [1.82, 2.24) is 0 Å². The van der Waals surface area contributed by atoms with E-state index < -0.39 is 6.10 Å². The Bertz CT molecular complexity index is 696. The zero-order valence-electron chi connectivity index (χ0n) is 14.2. The molecule has 0 saturated heterocycles. The van der Waals surface area contributed by atoms with Gasteiger partial charge in [0.15, 0.2) is 0 Å². The summed E-state index contributed by atoms with van der Waals surface area (Å²) < 4.78 is 5.88. The summed E-state index contributed by atoms with van der Waals surface area (Å²) in [5, 5.41) is 10.4. The molecule has 2 aromatic rings. The van der Waals surface area contributed by atoms with Crippen LogP contribution < -0.4 is 9.64 Å². The monoisotopic (exact) mass is 311 g/mol. The highest BCUT2D eigenvalue weighted by Crippen LogP contribution is 2.27. The van der Waals surface area contributed by atoms with Gasteiger partial charge in [-0.1, -0.05) is 24.3 Å². The van der Waals surface area contributed by atoms with E-state index in [2.05, 4.69) is 56.0 Å². The van der Waals surface area contributed by atoms with Crippen LogP contribution in [0, 0.1) is 20.8 Å². The predicted molar refractivity (Wildman–Crippen MR) is 94.5 cm³/mol. The van der Waals surface area contributed by atoms with Gasteiger partial charge in [0.25, 0.3) is 0 Å². The average Bonchev–Trinajstić information content (AvgIpc) is 2.93. The second kappa shape index (κ2) is 6.63. The van der Waals surface area contributed by atoms with Gasteiger partial charge in [0.1, 0.15) is 18.5 Å². The van der Waals surface area contributed by atoms with Gasteiger partial charge in [-0.3, -0.25) is 0 Å². The first-order valence-electron chi connectivity index (χ1n) is 8.26. The lowest BCUT2D eigenvalue weighted by Crippen LogP contribution is -2.34. The largest absolute Gasteiger partial charge is 0.491 e. The molecule has 122 valence electrons. The van der Waals surface area contributed by atoms with Crippen LogP contribution in [-0.2, 0) is 6.42 Å². The van der Waals surface area contributed by atoms with Crippen molar-refractivity contribution < 1.29 is 9.84 Å². The lowest BCUT2D eigenvalue weighted by molar-refractivity contribution is 0.112. The number of para-hydroxylation sites is 1. The highest BCUT2D eigenvalue weighted by molar-refractivity contribution is 5.57. The van der Waals surface area contributed by atoms with Crippen LogP contribution in [0.15, 0.2) is 36.4 Å². The Labute approximate surface area is 138 Å². The molecule has 0 bridgehead atoms. The summed E-state index contributed by atoms with van der Waals surface area (Å²) in [5.74, 6) is 0.878. The first kappa shape index (κ1) is 15.9.